The molecule has 58 valence electrons. The fourth-order valence-electron chi connectivity index (χ4n) is 1.68. The van der Waals surface area contributed by atoms with E-state index in [-0.39, 0.29) is 5.91 Å². The molecule has 0 saturated heterocycles. The zero-order valence-corrected chi connectivity index (χ0v) is 6.63. The summed E-state index contributed by atoms with van der Waals surface area (Å²) in [7, 11) is 1.86. The van der Waals surface area contributed by atoms with E-state index in [9.17, 15) is 4.79 Å². The summed E-state index contributed by atoms with van der Waals surface area (Å²) in [6, 6.07) is 0. The smallest absolute Gasteiger partial charge is 0.230 e. The van der Waals surface area contributed by atoms with Crippen molar-refractivity contribution in [2.24, 2.45) is 0 Å². The van der Waals surface area contributed by atoms with Crippen LogP contribution in [-0.2, 0) is 4.79 Å². The molecular formula is C9H11NO. The summed E-state index contributed by atoms with van der Waals surface area (Å²) in [5, 5.41) is 0. The molecule has 0 atom stereocenters. The van der Waals surface area contributed by atoms with E-state index >= 15 is 0 Å². The Morgan fingerprint density at radius 1 is 1.55 bits per heavy atom. The number of hydrogen-bond acceptors (Lipinski definition) is 1. The largest absolute Gasteiger partial charge is 0.319 e. The second-order valence-corrected chi connectivity index (χ2v) is 3.04. The fourth-order valence-corrected chi connectivity index (χ4v) is 1.68. The number of allylic oxidation sites excluding steroid dienone is 3. The number of hydrogen-bond donors (Lipinski definition) is 0. The molecule has 0 aromatic carbocycles. The molecular weight excluding hydrogens is 138 g/mol. The predicted molar refractivity (Wildman–Crippen MR) is 42.8 cm³/mol. The van der Waals surface area contributed by atoms with Crippen LogP contribution < -0.4 is 0 Å². The quantitative estimate of drug-likeness (QED) is 0.510. The molecule has 0 spiro atoms. The van der Waals surface area contributed by atoms with Crippen LogP contribution in [0.4, 0.5) is 0 Å². The summed E-state index contributed by atoms with van der Waals surface area (Å²) in [5.74, 6) is 0.238. The molecule has 2 rings (SSSR count). The molecule has 0 N–H and O–H groups in total. The monoisotopic (exact) mass is 149 g/mol. The molecule has 1 aliphatic carbocycles. The van der Waals surface area contributed by atoms with E-state index < -0.39 is 0 Å². The van der Waals surface area contributed by atoms with Crippen molar-refractivity contribution in [3.05, 3.63) is 23.4 Å². The maximum Gasteiger partial charge on any atom is 0.230 e. The Labute approximate surface area is 66.2 Å². The van der Waals surface area contributed by atoms with Crippen molar-refractivity contribution < 1.29 is 4.79 Å². The van der Waals surface area contributed by atoms with E-state index in [0.29, 0.717) is 6.42 Å². The second kappa shape index (κ2) is 2.22. The first-order valence-electron chi connectivity index (χ1n) is 3.94. The highest BCUT2D eigenvalue weighted by Gasteiger charge is 2.25. The maximum atomic E-state index is 11.2. The molecule has 0 saturated carbocycles. The van der Waals surface area contributed by atoms with Crippen LogP contribution >= 0.6 is 0 Å². The fraction of sp³-hybridized carbons (Fsp3) is 0.444. The number of nitrogens with zero attached hydrogens (tertiary/aromatic N) is 1. The summed E-state index contributed by atoms with van der Waals surface area (Å²) in [6.45, 7) is 0. The minimum absolute atomic E-state index is 0.238. The van der Waals surface area contributed by atoms with Gasteiger partial charge in [0.25, 0.3) is 0 Å². The lowest BCUT2D eigenvalue weighted by Gasteiger charge is -2.15. The van der Waals surface area contributed by atoms with Gasteiger partial charge >= 0.3 is 0 Å². The third kappa shape index (κ3) is 0.897. The zero-order valence-electron chi connectivity index (χ0n) is 6.63. The Morgan fingerprint density at radius 2 is 2.36 bits per heavy atom. The number of amides is 1. The standard InChI is InChI=1S/C9H11NO/c1-10-8-5-3-2-4-7(8)6-9(10)11/h2,4H,3,5-6H2,1H3. The lowest BCUT2D eigenvalue weighted by molar-refractivity contribution is -0.126. The molecule has 0 fully saturated rings. The van der Waals surface area contributed by atoms with Crippen LogP contribution in [0.2, 0.25) is 0 Å². The van der Waals surface area contributed by atoms with E-state index in [1.54, 1.807) is 4.90 Å². The van der Waals surface area contributed by atoms with E-state index in [0.717, 1.165) is 12.8 Å². The average Bonchev–Trinajstić information content (AvgIpc) is 2.30. The highest BCUT2D eigenvalue weighted by atomic mass is 16.2. The van der Waals surface area contributed by atoms with Gasteiger partial charge in [0.2, 0.25) is 5.91 Å². The van der Waals surface area contributed by atoms with Gasteiger partial charge in [0.1, 0.15) is 0 Å². The Kier molecular flexibility index (Phi) is 1.34. The Balaban J connectivity index is 2.35. The SMILES string of the molecule is CN1C(=O)CC2=C1CCC=C2. The van der Waals surface area contributed by atoms with Crippen molar-refractivity contribution >= 4 is 5.91 Å². The molecule has 0 aromatic rings. The molecule has 0 radical (unpaired) electrons. The Morgan fingerprint density at radius 3 is 3.09 bits per heavy atom. The molecule has 11 heavy (non-hydrogen) atoms. The maximum absolute atomic E-state index is 11.2. The first-order valence-corrected chi connectivity index (χ1v) is 3.94. The molecule has 1 amide bonds. The van der Waals surface area contributed by atoms with E-state index in [1.807, 2.05) is 7.05 Å². The molecule has 2 nitrogen and oxygen atoms in total. The molecule has 0 unspecified atom stereocenters. The van der Waals surface area contributed by atoms with Gasteiger partial charge in [-0.1, -0.05) is 12.2 Å². The van der Waals surface area contributed by atoms with Crippen molar-refractivity contribution in [2.75, 3.05) is 7.05 Å². The minimum atomic E-state index is 0.238. The van der Waals surface area contributed by atoms with Gasteiger partial charge in [-0.05, 0) is 18.4 Å². The normalized spacial score (nSPS) is 23.0. The van der Waals surface area contributed by atoms with Crippen molar-refractivity contribution in [1.29, 1.82) is 0 Å². The third-order valence-electron chi connectivity index (χ3n) is 2.36. The molecule has 2 aliphatic rings. The first kappa shape index (κ1) is 6.65. The summed E-state index contributed by atoms with van der Waals surface area (Å²) in [5.41, 5.74) is 2.46. The highest BCUT2D eigenvalue weighted by molar-refractivity contribution is 5.85. The van der Waals surface area contributed by atoms with Crippen molar-refractivity contribution in [1.82, 2.24) is 4.90 Å². The Hall–Kier alpha value is -1.05. The number of carbonyl (C=O) groups excluding carboxylic acids is 1. The van der Waals surface area contributed by atoms with Gasteiger partial charge < -0.3 is 4.90 Å². The number of rotatable bonds is 0. The zero-order chi connectivity index (χ0) is 7.84. The summed E-state index contributed by atoms with van der Waals surface area (Å²) < 4.78 is 0. The molecule has 2 heteroatoms. The van der Waals surface area contributed by atoms with Gasteiger partial charge in [0.15, 0.2) is 0 Å². The van der Waals surface area contributed by atoms with Crippen LogP contribution in [-0.4, -0.2) is 17.9 Å². The van der Waals surface area contributed by atoms with E-state index in [1.165, 1.54) is 11.3 Å². The predicted octanol–water partition coefficient (Wildman–Crippen LogP) is 1.45. The topological polar surface area (TPSA) is 20.3 Å². The number of carbonyl (C=O) groups is 1. The third-order valence-corrected chi connectivity index (χ3v) is 2.36. The summed E-state index contributed by atoms with van der Waals surface area (Å²) >= 11 is 0. The van der Waals surface area contributed by atoms with Gasteiger partial charge in [-0.25, -0.2) is 0 Å². The lowest BCUT2D eigenvalue weighted by atomic mass is 10.0. The van der Waals surface area contributed by atoms with Crippen LogP contribution in [0.3, 0.4) is 0 Å². The van der Waals surface area contributed by atoms with Crippen molar-refractivity contribution in [3.8, 4) is 0 Å². The Bertz CT molecular complexity index is 263. The van der Waals surface area contributed by atoms with Crippen LogP contribution in [0.5, 0.6) is 0 Å². The highest BCUT2D eigenvalue weighted by Crippen LogP contribution is 2.30. The second-order valence-electron chi connectivity index (χ2n) is 3.04. The van der Waals surface area contributed by atoms with Gasteiger partial charge in [-0.2, -0.15) is 0 Å². The van der Waals surface area contributed by atoms with Crippen LogP contribution in [0, 0.1) is 0 Å². The minimum Gasteiger partial charge on any atom is -0.319 e. The van der Waals surface area contributed by atoms with Crippen molar-refractivity contribution in [2.45, 2.75) is 19.3 Å². The van der Waals surface area contributed by atoms with Gasteiger partial charge in [0, 0.05) is 12.7 Å². The van der Waals surface area contributed by atoms with Gasteiger partial charge in [-0.3, -0.25) is 4.79 Å². The molecule has 1 heterocycles. The lowest BCUT2D eigenvalue weighted by Crippen LogP contribution is -2.19. The van der Waals surface area contributed by atoms with Crippen LogP contribution in [0.25, 0.3) is 0 Å². The molecule has 1 aliphatic heterocycles. The summed E-state index contributed by atoms with van der Waals surface area (Å²) in [6.07, 6.45) is 6.96. The van der Waals surface area contributed by atoms with E-state index in [2.05, 4.69) is 12.2 Å². The van der Waals surface area contributed by atoms with Gasteiger partial charge in [0.05, 0.1) is 6.42 Å². The van der Waals surface area contributed by atoms with Gasteiger partial charge in [-0.15, -0.1) is 0 Å². The van der Waals surface area contributed by atoms with E-state index in [4.69, 9.17) is 0 Å². The molecule has 0 aromatic heterocycles. The average molecular weight is 149 g/mol. The molecule has 0 bridgehead atoms. The first-order chi connectivity index (χ1) is 5.29. The summed E-state index contributed by atoms with van der Waals surface area (Å²) in [4.78, 5) is 13.0. The van der Waals surface area contributed by atoms with Crippen molar-refractivity contribution in [3.63, 3.8) is 0 Å². The van der Waals surface area contributed by atoms with Crippen LogP contribution in [0.15, 0.2) is 23.4 Å². The van der Waals surface area contributed by atoms with Crippen LogP contribution in [0.1, 0.15) is 19.3 Å².